The predicted molar refractivity (Wildman–Crippen MR) is 64.3 cm³/mol. The van der Waals surface area contributed by atoms with Gasteiger partial charge in [-0.05, 0) is 25.7 Å². The van der Waals surface area contributed by atoms with Crippen molar-refractivity contribution >= 4 is 17.2 Å². The van der Waals surface area contributed by atoms with E-state index in [2.05, 4.69) is 15.6 Å². The molecule has 88 valence electrons. The monoisotopic (exact) mass is 239 g/mol. The number of hydrogen-bond donors (Lipinski definition) is 2. The van der Waals surface area contributed by atoms with Gasteiger partial charge in [-0.15, -0.1) is 11.3 Å². The molecule has 0 atom stereocenters. The van der Waals surface area contributed by atoms with E-state index >= 15 is 0 Å². The van der Waals surface area contributed by atoms with Crippen LogP contribution in [0.5, 0.6) is 0 Å². The number of carbonyl (C=O) groups is 1. The number of rotatable bonds is 6. The Balaban J connectivity index is 1.57. The van der Waals surface area contributed by atoms with Crippen molar-refractivity contribution in [2.75, 3.05) is 13.1 Å². The van der Waals surface area contributed by atoms with Crippen LogP contribution in [0.3, 0.4) is 0 Å². The molecule has 0 saturated heterocycles. The highest BCUT2D eigenvalue weighted by Gasteiger charge is 2.21. The summed E-state index contributed by atoms with van der Waals surface area (Å²) in [4.78, 5) is 16.7. The second-order valence-electron chi connectivity index (χ2n) is 4.20. The van der Waals surface area contributed by atoms with Gasteiger partial charge in [0.05, 0.1) is 11.6 Å². The maximum atomic E-state index is 11.4. The van der Waals surface area contributed by atoms with Crippen LogP contribution in [0.4, 0.5) is 0 Å². The van der Waals surface area contributed by atoms with Gasteiger partial charge in [-0.1, -0.05) is 0 Å². The summed E-state index contributed by atoms with van der Waals surface area (Å²) in [6.45, 7) is 3.95. The van der Waals surface area contributed by atoms with Gasteiger partial charge in [0, 0.05) is 24.2 Å². The molecular weight excluding hydrogens is 222 g/mol. The van der Waals surface area contributed by atoms with Crippen molar-refractivity contribution < 1.29 is 4.79 Å². The number of thiazole rings is 1. The smallest absolute Gasteiger partial charge is 0.233 e. The molecule has 2 N–H and O–H groups in total. The van der Waals surface area contributed by atoms with Gasteiger partial charge in [0.15, 0.2) is 0 Å². The molecule has 1 amide bonds. The zero-order chi connectivity index (χ0) is 11.4. The molecule has 5 heteroatoms. The highest BCUT2D eigenvalue weighted by Crippen LogP contribution is 2.27. The molecule has 1 aliphatic rings. The first-order chi connectivity index (χ1) is 7.74. The first kappa shape index (κ1) is 11.5. The van der Waals surface area contributed by atoms with E-state index in [9.17, 15) is 4.79 Å². The molecule has 1 aromatic heterocycles. The summed E-state index contributed by atoms with van der Waals surface area (Å²) in [5, 5.41) is 7.10. The maximum absolute atomic E-state index is 11.4. The Morgan fingerprint density at radius 3 is 3.06 bits per heavy atom. The Kier molecular flexibility index (Phi) is 3.90. The molecule has 0 unspecified atom stereocenters. The van der Waals surface area contributed by atoms with Crippen LogP contribution in [0.25, 0.3) is 0 Å². The van der Waals surface area contributed by atoms with Crippen molar-refractivity contribution in [3.63, 3.8) is 0 Å². The minimum Gasteiger partial charge on any atom is -0.355 e. The third-order valence-corrected chi connectivity index (χ3v) is 3.45. The van der Waals surface area contributed by atoms with Gasteiger partial charge in [0.1, 0.15) is 0 Å². The van der Waals surface area contributed by atoms with Crippen LogP contribution < -0.4 is 10.6 Å². The first-order valence-electron chi connectivity index (χ1n) is 5.63. The van der Waals surface area contributed by atoms with Crippen LogP contribution in [-0.2, 0) is 11.3 Å². The SMILES string of the molecule is Cc1ncc(CNCC(=O)NCC2CC2)s1. The molecular formula is C11H17N3OS. The predicted octanol–water partition coefficient (Wildman–Crippen LogP) is 1.07. The number of nitrogens with zero attached hydrogens (tertiary/aromatic N) is 1. The number of hydrogen-bond acceptors (Lipinski definition) is 4. The van der Waals surface area contributed by atoms with E-state index in [-0.39, 0.29) is 5.91 Å². The van der Waals surface area contributed by atoms with Crippen molar-refractivity contribution in [3.05, 3.63) is 16.1 Å². The van der Waals surface area contributed by atoms with Gasteiger partial charge in [0.25, 0.3) is 0 Å². The van der Waals surface area contributed by atoms with Gasteiger partial charge < -0.3 is 10.6 Å². The molecule has 0 aliphatic heterocycles. The summed E-state index contributed by atoms with van der Waals surface area (Å²) in [6, 6.07) is 0. The second kappa shape index (κ2) is 5.41. The summed E-state index contributed by atoms with van der Waals surface area (Å²) >= 11 is 1.66. The lowest BCUT2D eigenvalue weighted by atomic mass is 10.4. The standard InChI is InChI=1S/C11H17N3OS/c1-8-13-6-10(16-8)5-12-7-11(15)14-4-9-2-3-9/h6,9,12H,2-5,7H2,1H3,(H,14,15). The largest absolute Gasteiger partial charge is 0.355 e. The molecule has 0 spiro atoms. The number of amides is 1. The third kappa shape index (κ3) is 3.90. The normalized spacial score (nSPS) is 15.1. The molecule has 1 heterocycles. The van der Waals surface area contributed by atoms with Crippen molar-refractivity contribution in [2.45, 2.75) is 26.3 Å². The maximum Gasteiger partial charge on any atom is 0.233 e. The number of aryl methyl sites for hydroxylation is 1. The zero-order valence-corrected chi connectivity index (χ0v) is 10.3. The van der Waals surface area contributed by atoms with Gasteiger partial charge in [0.2, 0.25) is 5.91 Å². The molecule has 4 nitrogen and oxygen atoms in total. The second-order valence-corrected chi connectivity index (χ2v) is 5.52. The average Bonchev–Trinajstić information content (AvgIpc) is 2.99. The molecule has 1 fully saturated rings. The lowest BCUT2D eigenvalue weighted by Gasteiger charge is -2.04. The van der Waals surface area contributed by atoms with E-state index in [0.29, 0.717) is 6.54 Å². The van der Waals surface area contributed by atoms with Crippen molar-refractivity contribution in [2.24, 2.45) is 5.92 Å². The van der Waals surface area contributed by atoms with E-state index < -0.39 is 0 Å². The van der Waals surface area contributed by atoms with Gasteiger partial charge >= 0.3 is 0 Å². The van der Waals surface area contributed by atoms with Crippen molar-refractivity contribution in [3.8, 4) is 0 Å². The molecule has 16 heavy (non-hydrogen) atoms. The zero-order valence-electron chi connectivity index (χ0n) is 9.45. The quantitative estimate of drug-likeness (QED) is 0.780. The Morgan fingerprint density at radius 2 is 2.44 bits per heavy atom. The topological polar surface area (TPSA) is 54.0 Å². The Labute approximate surface area is 99.5 Å². The van der Waals surface area contributed by atoms with Crippen LogP contribution in [0.15, 0.2) is 6.20 Å². The fourth-order valence-electron chi connectivity index (χ4n) is 1.43. The van der Waals surface area contributed by atoms with Gasteiger partial charge in [-0.2, -0.15) is 0 Å². The Hall–Kier alpha value is -0.940. The molecule has 1 saturated carbocycles. The van der Waals surface area contributed by atoms with Crippen LogP contribution in [-0.4, -0.2) is 24.0 Å². The number of aromatic nitrogens is 1. The highest BCUT2D eigenvalue weighted by molar-refractivity contribution is 7.11. The molecule has 2 rings (SSSR count). The average molecular weight is 239 g/mol. The lowest BCUT2D eigenvalue weighted by Crippen LogP contribution is -2.34. The minimum atomic E-state index is 0.0909. The van der Waals surface area contributed by atoms with E-state index in [4.69, 9.17) is 0 Å². The van der Waals surface area contributed by atoms with E-state index in [1.165, 1.54) is 17.7 Å². The molecule has 1 aromatic rings. The van der Waals surface area contributed by atoms with Crippen molar-refractivity contribution in [1.82, 2.24) is 15.6 Å². The third-order valence-electron chi connectivity index (χ3n) is 2.54. The fourth-order valence-corrected chi connectivity index (χ4v) is 2.19. The molecule has 0 bridgehead atoms. The van der Waals surface area contributed by atoms with Crippen LogP contribution >= 0.6 is 11.3 Å². The van der Waals surface area contributed by atoms with E-state index in [1.807, 2.05) is 13.1 Å². The van der Waals surface area contributed by atoms with E-state index in [0.717, 1.165) is 24.0 Å². The summed E-state index contributed by atoms with van der Waals surface area (Å²) in [5.74, 6) is 0.834. The number of carbonyl (C=O) groups excluding carboxylic acids is 1. The summed E-state index contributed by atoms with van der Waals surface area (Å²) in [7, 11) is 0. The van der Waals surface area contributed by atoms with Gasteiger partial charge in [-0.25, -0.2) is 4.98 Å². The lowest BCUT2D eigenvalue weighted by molar-refractivity contribution is -0.120. The van der Waals surface area contributed by atoms with E-state index in [1.54, 1.807) is 11.3 Å². The Bertz CT molecular complexity index is 360. The summed E-state index contributed by atoms with van der Waals surface area (Å²) < 4.78 is 0. The highest BCUT2D eigenvalue weighted by atomic mass is 32.1. The first-order valence-corrected chi connectivity index (χ1v) is 6.44. The van der Waals surface area contributed by atoms with Crippen LogP contribution in [0.1, 0.15) is 22.7 Å². The summed E-state index contributed by atoms with van der Waals surface area (Å²) in [5.41, 5.74) is 0. The van der Waals surface area contributed by atoms with Crippen LogP contribution in [0, 0.1) is 12.8 Å². The van der Waals surface area contributed by atoms with Crippen molar-refractivity contribution in [1.29, 1.82) is 0 Å². The molecule has 0 radical (unpaired) electrons. The molecule has 0 aromatic carbocycles. The van der Waals surface area contributed by atoms with Gasteiger partial charge in [-0.3, -0.25) is 4.79 Å². The number of nitrogens with one attached hydrogen (secondary N) is 2. The fraction of sp³-hybridized carbons (Fsp3) is 0.636. The minimum absolute atomic E-state index is 0.0909. The summed E-state index contributed by atoms with van der Waals surface area (Å²) in [6.07, 6.45) is 4.40. The van der Waals surface area contributed by atoms with Crippen LogP contribution in [0.2, 0.25) is 0 Å². The molecule has 1 aliphatic carbocycles. The Morgan fingerprint density at radius 1 is 1.62 bits per heavy atom.